The Hall–Kier alpha value is -3.06. The van der Waals surface area contributed by atoms with E-state index < -0.39 is 0 Å². The van der Waals surface area contributed by atoms with Gasteiger partial charge in [-0.15, -0.1) is 0 Å². The van der Waals surface area contributed by atoms with Crippen molar-refractivity contribution in [1.29, 1.82) is 0 Å². The Morgan fingerprint density at radius 3 is 2.61 bits per heavy atom. The van der Waals surface area contributed by atoms with Crippen LogP contribution in [-0.2, 0) is 4.74 Å². The Labute approximate surface area is 182 Å². The van der Waals surface area contributed by atoms with Crippen LogP contribution in [0.4, 0.5) is 0 Å². The van der Waals surface area contributed by atoms with Gasteiger partial charge in [0.15, 0.2) is 11.5 Å². The molecule has 1 atom stereocenters. The molecule has 2 aliphatic rings. The van der Waals surface area contributed by atoms with E-state index in [1.54, 1.807) is 23.1 Å². The van der Waals surface area contributed by atoms with Crippen LogP contribution in [0.25, 0.3) is 0 Å². The van der Waals surface area contributed by atoms with E-state index in [1.807, 2.05) is 35.2 Å². The van der Waals surface area contributed by atoms with Crippen molar-refractivity contribution in [2.24, 2.45) is 5.92 Å². The third kappa shape index (κ3) is 4.99. The van der Waals surface area contributed by atoms with Crippen molar-refractivity contribution in [2.75, 3.05) is 39.6 Å². The van der Waals surface area contributed by atoms with E-state index in [9.17, 15) is 9.59 Å². The van der Waals surface area contributed by atoms with E-state index in [2.05, 4.69) is 13.8 Å². The minimum atomic E-state index is -0.238. The summed E-state index contributed by atoms with van der Waals surface area (Å²) >= 11 is 0. The van der Waals surface area contributed by atoms with Crippen LogP contribution in [-0.4, -0.2) is 67.3 Å². The molecule has 7 heteroatoms. The summed E-state index contributed by atoms with van der Waals surface area (Å²) in [6, 6.07) is 14.5. The molecule has 1 saturated heterocycles. The average Bonchev–Trinajstić information content (AvgIpc) is 3.26. The molecule has 2 aromatic rings. The van der Waals surface area contributed by atoms with Gasteiger partial charge in [-0.1, -0.05) is 32.0 Å². The van der Waals surface area contributed by atoms with Crippen LogP contribution in [0.15, 0.2) is 48.5 Å². The van der Waals surface area contributed by atoms with Crippen molar-refractivity contribution in [3.05, 3.63) is 59.7 Å². The predicted molar refractivity (Wildman–Crippen MR) is 115 cm³/mol. The molecular weight excluding hydrogens is 396 g/mol. The fraction of sp³-hybridized carbons (Fsp3) is 0.417. The summed E-state index contributed by atoms with van der Waals surface area (Å²) in [6.07, 6.45) is -0.238. The summed E-state index contributed by atoms with van der Waals surface area (Å²) < 4.78 is 16.7. The van der Waals surface area contributed by atoms with Crippen LogP contribution < -0.4 is 9.47 Å². The van der Waals surface area contributed by atoms with Crippen LogP contribution in [0.2, 0.25) is 0 Å². The Bertz CT molecular complexity index is 931. The molecule has 1 fully saturated rings. The fourth-order valence-corrected chi connectivity index (χ4v) is 3.92. The van der Waals surface area contributed by atoms with Crippen molar-refractivity contribution >= 4 is 11.8 Å². The topological polar surface area (TPSA) is 68.3 Å². The van der Waals surface area contributed by atoms with Gasteiger partial charge in [0.25, 0.3) is 11.8 Å². The first-order chi connectivity index (χ1) is 15.0. The molecule has 7 nitrogen and oxygen atoms in total. The maximum absolute atomic E-state index is 13.1. The molecule has 164 valence electrons. The van der Waals surface area contributed by atoms with Crippen LogP contribution in [0.5, 0.6) is 11.5 Å². The molecule has 2 aliphatic heterocycles. The first-order valence-electron chi connectivity index (χ1n) is 10.7. The zero-order valence-corrected chi connectivity index (χ0v) is 18.0. The molecule has 0 bridgehead atoms. The van der Waals surface area contributed by atoms with Crippen LogP contribution >= 0.6 is 0 Å². The number of amides is 2. The second-order valence-electron chi connectivity index (χ2n) is 8.28. The fourth-order valence-electron chi connectivity index (χ4n) is 3.92. The highest BCUT2D eigenvalue weighted by molar-refractivity contribution is 5.95. The number of fused-ring (bicyclic) bond motifs is 1. The Kier molecular flexibility index (Phi) is 6.42. The van der Waals surface area contributed by atoms with Gasteiger partial charge in [0.1, 0.15) is 0 Å². The van der Waals surface area contributed by atoms with Crippen molar-refractivity contribution in [3.8, 4) is 11.5 Å². The lowest BCUT2D eigenvalue weighted by Crippen LogP contribution is -2.51. The van der Waals surface area contributed by atoms with E-state index in [0.717, 1.165) is 0 Å². The highest BCUT2D eigenvalue weighted by atomic mass is 16.7. The number of hydrogen-bond donors (Lipinski definition) is 0. The number of carbonyl (C=O) groups is 2. The van der Waals surface area contributed by atoms with E-state index >= 15 is 0 Å². The average molecular weight is 424 g/mol. The summed E-state index contributed by atoms with van der Waals surface area (Å²) in [5, 5.41) is 0. The Balaban J connectivity index is 1.44. The number of nitrogens with zero attached hydrogens (tertiary/aromatic N) is 2. The summed E-state index contributed by atoms with van der Waals surface area (Å²) in [7, 11) is 0. The Morgan fingerprint density at radius 2 is 1.84 bits per heavy atom. The third-order valence-electron chi connectivity index (χ3n) is 5.36. The van der Waals surface area contributed by atoms with Gasteiger partial charge in [-0.25, -0.2) is 0 Å². The summed E-state index contributed by atoms with van der Waals surface area (Å²) in [4.78, 5) is 29.7. The van der Waals surface area contributed by atoms with Gasteiger partial charge in [0, 0.05) is 37.3 Å². The van der Waals surface area contributed by atoms with Gasteiger partial charge in [-0.3, -0.25) is 9.59 Å². The molecule has 0 saturated carbocycles. The standard InChI is InChI=1S/C24H28N2O5/c1-17(2)13-26(23(27)18-6-4-3-5-7-18)15-20-14-25(10-11-29-20)24(28)19-8-9-21-22(12-19)31-16-30-21/h3-9,12,17,20H,10-11,13-16H2,1-2H3. The molecule has 0 spiro atoms. The van der Waals surface area contributed by atoms with E-state index in [0.29, 0.717) is 61.3 Å². The summed E-state index contributed by atoms with van der Waals surface area (Å²) in [5.74, 6) is 1.48. The number of carbonyl (C=O) groups excluding carboxylic acids is 2. The largest absolute Gasteiger partial charge is 0.454 e. The van der Waals surface area contributed by atoms with Crippen molar-refractivity contribution in [2.45, 2.75) is 20.0 Å². The lowest BCUT2D eigenvalue weighted by molar-refractivity contribution is -0.0340. The third-order valence-corrected chi connectivity index (χ3v) is 5.36. The quantitative estimate of drug-likeness (QED) is 0.713. The van der Waals surface area contributed by atoms with Crippen LogP contribution in [0, 0.1) is 5.92 Å². The summed E-state index contributed by atoms with van der Waals surface area (Å²) in [6.45, 7) is 6.81. The highest BCUT2D eigenvalue weighted by Gasteiger charge is 2.29. The molecule has 0 N–H and O–H groups in total. The molecule has 4 rings (SSSR count). The molecule has 2 aromatic carbocycles. The maximum Gasteiger partial charge on any atom is 0.254 e. The minimum Gasteiger partial charge on any atom is -0.454 e. The second-order valence-corrected chi connectivity index (χ2v) is 8.28. The van der Waals surface area contributed by atoms with Gasteiger partial charge >= 0.3 is 0 Å². The molecule has 2 amide bonds. The van der Waals surface area contributed by atoms with Gasteiger partial charge < -0.3 is 24.0 Å². The first kappa shape index (κ1) is 21.2. The second kappa shape index (κ2) is 9.39. The van der Waals surface area contributed by atoms with Crippen molar-refractivity contribution in [1.82, 2.24) is 9.80 Å². The predicted octanol–water partition coefficient (Wildman–Crippen LogP) is 3.05. The number of benzene rings is 2. The first-order valence-corrected chi connectivity index (χ1v) is 10.7. The van der Waals surface area contributed by atoms with Crippen molar-refractivity contribution in [3.63, 3.8) is 0 Å². The number of ether oxygens (including phenoxy) is 3. The number of morpholine rings is 1. The molecule has 2 heterocycles. The SMILES string of the molecule is CC(C)CN(CC1CN(C(=O)c2ccc3c(c2)OCO3)CCO1)C(=O)c1ccccc1. The molecule has 0 aliphatic carbocycles. The normalized spacial score (nSPS) is 17.6. The number of rotatable bonds is 6. The van der Waals surface area contributed by atoms with Gasteiger partial charge in [0.2, 0.25) is 6.79 Å². The van der Waals surface area contributed by atoms with Crippen LogP contribution in [0.1, 0.15) is 34.6 Å². The molecule has 31 heavy (non-hydrogen) atoms. The molecule has 1 unspecified atom stereocenters. The summed E-state index contributed by atoms with van der Waals surface area (Å²) in [5.41, 5.74) is 1.22. The van der Waals surface area contributed by atoms with E-state index in [-0.39, 0.29) is 24.7 Å². The lowest BCUT2D eigenvalue weighted by atomic mass is 10.1. The zero-order chi connectivity index (χ0) is 21.8. The van der Waals surface area contributed by atoms with Crippen molar-refractivity contribution < 1.29 is 23.8 Å². The monoisotopic (exact) mass is 424 g/mol. The van der Waals surface area contributed by atoms with Gasteiger partial charge in [0.05, 0.1) is 12.7 Å². The molecule has 0 aromatic heterocycles. The van der Waals surface area contributed by atoms with E-state index in [4.69, 9.17) is 14.2 Å². The maximum atomic E-state index is 13.1. The van der Waals surface area contributed by atoms with E-state index in [1.165, 1.54) is 0 Å². The molecular formula is C24H28N2O5. The minimum absolute atomic E-state index is 0.0166. The van der Waals surface area contributed by atoms with Crippen LogP contribution in [0.3, 0.4) is 0 Å². The zero-order valence-electron chi connectivity index (χ0n) is 18.0. The highest BCUT2D eigenvalue weighted by Crippen LogP contribution is 2.33. The van der Waals surface area contributed by atoms with Gasteiger partial charge in [-0.05, 0) is 36.2 Å². The number of hydrogen-bond acceptors (Lipinski definition) is 5. The lowest BCUT2D eigenvalue weighted by Gasteiger charge is -2.36. The molecule has 0 radical (unpaired) electrons. The smallest absolute Gasteiger partial charge is 0.254 e. The van der Waals surface area contributed by atoms with Gasteiger partial charge in [-0.2, -0.15) is 0 Å². The Morgan fingerprint density at radius 1 is 1.06 bits per heavy atom.